The zero-order valence-electron chi connectivity index (χ0n) is 12.6. The van der Waals surface area contributed by atoms with Gasteiger partial charge in [0.15, 0.2) is 0 Å². The third kappa shape index (κ3) is 3.16. The highest BCUT2D eigenvalue weighted by molar-refractivity contribution is 5.31. The molecule has 110 valence electrons. The Morgan fingerprint density at radius 2 is 1.86 bits per heavy atom. The predicted molar refractivity (Wildman–Crippen MR) is 84.9 cm³/mol. The van der Waals surface area contributed by atoms with Crippen LogP contribution in [0.5, 0.6) is 0 Å². The molecule has 1 N–H and O–H groups in total. The van der Waals surface area contributed by atoms with Crippen molar-refractivity contribution in [1.29, 1.82) is 0 Å². The van der Waals surface area contributed by atoms with Gasteiger partial charge >= 0.3 is 0 Å². The highest BCUT2D eigenvalue weighted by Crippen LogP contribution is 2.39. The van der Waals surface area contributed by atoms with Crippen LogP contribution in [0.2, 0.25) is 0 Å². The highest BCUT2D eigenvalue weighted by Gasteiger charge is 2.31. The molecule has 0 radical (unpaired) electrons. The second-order valence-corrected chi connectivity index (χ2v) is 6.17. The maximum Gasteiger partial charge on any atom is 0.123 e. The molecule has 0 spiro atoms. The molecule has 1 aliphatic rings. The first-order valence-corrected chi connectivity index (χ1v) is 7.70. The second-order valence-electron chi connectivity index (χ2n) is 6.17. The van der Waals surface area contributed by atoms with Crippen molar-refractivity contribution in [1.82, 2.24) is 5.32 Å². The van der Waals surface area contributed by atoms with E-state index in [9.17, 15) is 4.39 Å². The summed E-state index contributed by atoms with van der Waals surface area (Å²) in [6.07, 6.45) is 2.34. The summed E-state index contributed by atoms with van der Waals surface area (Å²) in [5.41, 5.74) is 3.89. The minimum absolute atomic E-state index is 0.160. The quantitative estimate of drug-likeness (QED) is 0.855. The third-order valence-corrected chi connectivity index (χ3v) is 4.60. The normalized spacial score (nSPS) is 22.6. The molecule has 2 aromatic rings. The zero-order chi connectivity index (χ0) is 14.8. The molecular weight excluding hydrogens is 261 g/mol. The molecule has 0 aliphatic heterocycles. The molecule has 1 atom stereocenters. The molecule has 3 rings (SSSR count). The van der Waals surface area contributed by atoms with Crippen molar-refractivity contribution in [3.8, 4) is 0 Å². The second kappa shape index (κ2) is 5.98. The van der Waals surface area contributed by atoms with Crippen LogP contribution in [0.15, 0.2) is 48.5 Å². The minimum Gasteiger partial charge on any atom is -0.307 e. The van der Waals surface area contributed by atoms with Gasteiger partial charge in [0.25, 0.3) is 0 Å². The Morgan fingerprint density at radius 3 is 2.57 bits per heavy atom. The highest BCUT2D eigenvalue weighted by atomic mass is 19.1. The van der Waals surface area contributed by atoms with E-state index in [4.69, 9.17) is 0 Å². The van der Waals surface area contributed by atoms with Gasteiger partial charge in [-0.1, -0.05) is 36.4 Å². The average Bonchev–Trinajstić information content (AvgIpc) is 2.43. The number of nitrogens with one attached hydrogen (secondary N) is 1. The number of hydrogen-bond acceptors (Lipinski definition) is 1. The lowest BCUT2D eigenvalue weighted by Gasteiger charge is -2.39. The van der Waals surface area contributed by atoms with Crippen molar-refractivity contribution in [2.75, 3.05) is 0 Å². The smallest absolute Gasteiger partial charge is 0.123 e. The van der Waals surface area contributed by atoms with Crippen LogP contribution in [0.1, 0.15) is 48.4 Å². The summed E-state index contributed by atoms with van der Waals surface area (Å²) in [6.45, 7) is 4.29. The Hall–Kier alpha value is -1.67. The molecule has 1 fully saturated rings. The molecule has 0 bridgehead atoms. The van der Waals surface area contributed by atoms with Crippen LogP contribution in [-0.4, -0.2) is 6.04 Å². The van der Waals surface area contributed by atoms with Gasteiger partial charge in [0.2, 0.25) is 0 Å². The Labute approximate surface area is 126 Å². The molecular formula is C19H22FN. The Morgan fingerprint density at radius 1 is 1.10 bits per heavy atom. The zero-order valence-corrected chi connectivity index (χ0v) is 12.6. The number of hydrogen-bond donors (Lipinski definition) is 1. The van der Waals surface area contributed by atoms with Gasteiger partial charge in [-0.3, -0.25) is 0 Å². The van der Waals surface area contributed by atoms with Gasteiger partial charge in [-0.25, -0.2) is 4.39 Å². The van der Waals surface area contributed by atoms with Gasteiger partial charge < -0.3 is 5.32 Å². The van der Waals surface area contributed by atoms with Crippen molar-refractivity contribution in [2.24, 2.45) is 0 Å². The topological polar surface area (TPSA) is 12.0 Å². The van der Waals surface area contributed by atoms with E-state index in [0.29, 0.717) is 12.0 Å². The van der Waals surface area contributed by atoms with Gasteiger partial charge in [-0.15, -0.1) is 0 Å². The third-order valence-electron chi connectivity index (χ3n) is 4.60. The summed E-state index contributed by atoms with van der Waals surface area (Å²) in [5.74, 6) is 0.510. The first kappa shape index (κ1) is 14.3. The lowest BCUT2D eigenvalue weighted by molar-refractivity contribution is 0.270. The van der Waals surface area contributed by atoms with E-state index in [0.717, 1.165) is 5.56 Å². The lowest BCUT2D eigenvalue weighted by atomic mass is 9.74. The van der Waals surface area contributed by atoms with E-state index in [1.165, 1.54) is 30.0 Å². The van der Waals surface area contributed by atoms with E-state index < -0.39 is 0 Å². The Balaban J connectivity index is 1.56. The Bertz CT molecular complexity index is 616. The van der Waals surface area contributed by atoms with Crippen molar-refractivity contribution in [2.45, 2.75) is 44.7 Å². The molecule has 2 heteroatoms. The molecule has 0 unspecified atom stereocenters. The van der Waals surface area contributed by atoms with Crippen LogP contribution >= 0.6 is 0 Å². The largest absolute Gasteiger partial charge is 0.307 e. The van der Waals surface area contributed by atoms with Gasteiger partial charge in [0.1, 0.15) is 5.82 Å². The molecule has 0 aromatic heterocycles. The molecule has 0 saturated heterocycles. The Kier molecular flexibility index (Phi) is 4.07. The van der Waals surface area contributed by atoms with Gasteiger partial charge in [0.05, 0.1) is 0 Å². The van der Waals surface area contributed by atoms with E-state index in [2.05, 4.69) is 43.4 Å². The van der Waals surface area contributed by atoms with Gasteiger partial charge in [-0.2, -0.15) is 0 Å². The van der Waals surface area contributed by atoms with Gasteiger partial charge in [-0.05, 0) is 61.4 Å². The van der Waals surface area contributed by atoms with Crippen LogP contribution in [-0.2, 0) is 0 Å². The van der Waals surface area contributed by atoms with E-state index in [-0.39, 0.29) is 11.9 Å². The maximum absolute atomic E-state index is 13.3. The maximum atomic E-state index is 13.3. The average molecular weight is 283 g/mol. The SMILES string of the molecule is Cc1ccccc1C1CC(N[C@@H](C)c2cccc(F)c2)C1. The van der Waals surface area contributed by atoms with Crippen molar-refractivity contribution in [3.63, 3.8) is 0 Å². The molecule has 0 heterocycles. The summed E-state index contributed by atoms with van der Waals surface area (Å²) >= 11 is 0. The standard InChI is InChI=1S/C19H22FN/c1-13-6-3-4-9-19(13)16-11-18(12-16)21-14(2)15-7-5-8-17(20)10-15/h3-10,14,16,18,21H,11-12H2,1-2H3/t14-,16?,18?/m0/s1. The van der Waals surface area contributed by atoms with E-state index >= 15 is 0 Å². The number of halogens is 1. The summed E-state index contributed by atoms with van der Waals surface area (Å²) < 4.78 is 13.3. The first-order chi connectivity index (χ1) is 10.1. The minimum atomic E-state index is -0.160. The molecule has 1 saturated carbocycles. The van der Waals surface area contributed by atoms with Crippen molar-refractivity contribution >= 4 is 0 Å². The van der Waals surface area contributed by atoms with Crippen LogP contribution in [0, 0.1) is 12.7 Å². The fourth-order valence-corrected chi connectivity index (χ4v) is 3.28. The number of aryl methyl sites for hydroxylation is 1. The molecule has 0 amide bonds. The first-order valence-electron chi connectivity index (χ1n) is 7.70. The fourth-order valence-electron chi connectivity index (χ4n) is 3.28. The summed E-state index contributed by atoms with van der Waals surface area (Å²) in [4.78, 5) is 0. The fraction of sp³-hybridized carbons (Fsp3) is 0.368. The molecule has 21 heavy (non-hydrogen) atoms. The number of benzene rings is 2. The van der Waals surface area contributed by atoms with Gasteiger partial charge in [0, 0.05) is 12.1 Å². The predicted octanol–water partition coefficient (Wildman–Crippen LogP) is 4.73. The monoisotopic (exact) mass is 283 g/mol. The number of rotatable bonds is 4. The molecule has 1 aliphatic carbocycles. The van der Waals surface area contributed by atoms with Crippen molar-refractivity contribution < 1.29 is 4.39 Å². The van der Waals surface area contributed by atoms with Crippen LogP contribution < -0.4 is 5.32 Å². The van der Waals surface area contributed by atoms with E-state index in [1.54, 1.807) is 12.1 Å². The molecule has 2 aromatic carbocycles. The summed E-state index contributed by atoms with van der Waals surface area (Å²) in [7, 11) is 0. The van der Waals surface area contributed by atoms with E-state index in [1.807, 2.05) is 6.07 Å². The van der Waals surface area contributed by atoms with Crippen LogP contribution in [0.4, 0.5) is 4.39 Å². The summed E-state index contributed by atoms with van der Waals surface area (Å²) in [5, 5.41) is 3.61. The van der Waals surface area contributed by atoms with Crippen LogP contribution in [0.3, 0.4) is 0 Å². The van der Waals surface area contributed by atoms with Crippen molar-refractivity contribution in [3.05, 3.63) is 71.0 Å². The van der Waals surface area contributed by atoms with Crippen LogP contribution in [0.25, 0.3) is 0 Å². The summed E-state index contributed by atoms with van der Waals surface area (Å²) in [6, 6.07) is 16.3. The molecule has 1 nitrogen and oxygen atoms in total. The lowest BCUT2D eigenvalue weighted by Crippen LogP contribution is -2.41.